The number of carboxylic acids is 1. The Morgan fingerprint density at radius 2 is 1.90 bits per heavy atom. The molecule has 1 aromatic rings. The first-order valence-electron chi connectivity index (χ1n) is 7.64. The standard InChI is InChI=1S/C17H27NO3/c1-5-17(16(19)20,18-6-2)11-8-12-21-15-13(3)9-7-10-14(15)4/h7,9-10,18H,5-6,8,11-12H2,1-4H3,(H,19,20). The minimum Gasteiger partial charge on any atom is -0.493 e. The van der Waals surface area contributed by atoms with Crippen molar-refractivity contribution >= 4 is 5.97 Å². The van der Waals surface area contributed by atoms with Crippen molar-refractivity contribution in [1.82, 2.24) is 5.32 Å². The van der Waals surface area contributed by atoms with Crippen LogP contribution in [-0.4, -0.2) is 29.8 Å². The van der Waals surface area contributed by atoms with Crippen molar-refractivity contribution in [2.24, 2.45) is 0 Å². The maximum Gasteiger partial charge on any atom is 0.323 e. The van der Waals surface area contributed by atoms with Crippen LogP contribution in [0.3, 0.4) is 0 Å². The van der Waals surface area contributed by atoms with Gasteiger partial charge in [-0.05, 0) is 50.8 Å². The zero-order chi connectivity index (χ0) is 15.9. The Hall–Kier alpha value is -1.55. The molecule has 1 rings (SSSR count). The lowest BCUT2D eigenvalue weighted by Crippen LogP contribution is -2.51. The molecule has 1 unspecified atom stereocenters. The fourth-order valence-corrected chi connectivity index (χ4v) is 2.64. The van der Waals surface area contributed by atoms with Gasteiger partial charge in [0.25, 0.3) is 0 Å². The van der Waals surface area contributed by atoms with Gasteiger partial charge in [-0.25, -0.2) is 0 Å². The van der Waals surface area contributed by atoms with Gasteiger partial charge in [-0.15, -0.1) is 0 Å². The Bertz CT molecular complexity index is 453. The van der Waals surface area contributed by atoms with Gasteiger partial charge < -0.3 is 15.2 Å². The fourth-order valence-electron chi connectivity index (χ4n) is 2.64. The molecule has 0 saturated carbocycles. The van der Waals surface area contributed by atoms with Gasteiger partial charge in [-0.2, -0.15) is 0 Å². The number of rotatable bonds is 9. The van der Waals surface area contributed by atoms with E-state index in [1.807, 2.05) is 45.9 Å². The van der Waals surface area contributed by atoms with Crippen LogP contribution in [0.4, 0.5) is 0 Å². The molecule has 0 saturated heterocycles. The normalized spacial score (nSPS) is 13.7. The molecule has 2 N–H and O–H groups in total. The summed E-state index contributed by atoms with van der Waals surface area (Å²) in [6, 6.07) is 6.05. The van der Waals surface area contributed by atoms with Crippen LogP contribution in [0.15, 0.2) is 18.2 Å². The maximum absolute atomic E-state index is 11.5. The van der Waals surface area contributed by atoms with E-state index in [1.54, 1.807) is 0 Å². The second-order valence-corrected chi connectivity index (χ2v) is 5.44. The highest BCUT2D eigenvalue weighted by atomic mass is 16.5. The first-order chi connectivity index (χ1) is 9.96. The zero-order valence-electron chi connectivity index (χ0n) is 13.5. The number of hydrogen-bond donors (Lipinski definition) is 2. The number of aryl methyl sites for hydroxylation is 2. The van der Waals surface area contributed by atoms with Gasteiger partial charge in [-0.1, -0.05) is 32.0 Å². The van der Waals surface area contributed by atoms with Crippen LogP contribution in [-0.2, 0) is 4.79 Å². The van der Waals surface area contributed by atoms with Crippen LogP contribution in [0.1, 0.15) is 44.2 Å². The van der Waals surface area contributed by atoms with Crippen molar-refractivity contribution < 1.29 is 14.6 Å². The molecule has 4 nitrogen and oxygen atoms in total. The van der Waals surface area contributed by atoms with Crippen molar-refractivity contribution in [3.05, 3.63) is 29.3 Å². The quantitative estimate of drug-likeness (QED) is 0.686. The van der Waals surface area contributed by atoms with Gasteiger partial charge in [0, 0.05) is 0 Å². The number of carboxylic acid groups (broad SMARTS) is 1. The molecule has 0 radical (unpaired) electrons. The fraction of sp³-hybridized carbons (Fsp3) is 0.588. The minimum absolute atomic E-state index is 0.534. The molecule has 0 bridgehead atoms. The molecular formula is C17H27NO3. The van der Waals surface area contributed by atoms with Crippen molar-refractivity contribution in [3.63, 3.8) is 0 Å². The van der Waals surface area contributed by atoms with E-state index in [9.17, 15) is 9.90 Å². The molecule has 0 amide bonds. The molecule has 0 aromatic heterocycles. The summed E-state index contributed by atoms with van der Waals surface area (Å²) < 4.78 is 5.84. The van der Waals surface area contributed by atoms with E-state index in [0.29, 0.717) is 32.4 Å². The Kier molecular flexibility index (Phi) is 6.69. The lowest BCUT2D eigenvalue weighted by molar-refractivity contribution is -0.145. The summed E-state index contributed by atoms with van der Waals surface area (Å²) in [7, 11) is 0. The summed E-state index contributed by atoms with van der Waals surface area (Å²) in [6.07, 6.45) is 1.85. The van der Waals surface area contributed by atoms with Gasteiger partial charge in [-0.3, -0.25) is 4.79 Å². The number of benzene rings is 1. The van der Waals surface area contributed by atoms with E-state index in [0.717, 1.165) is 16.9 Å². The minimum atomic E-state index is -0.834. The molecular weight excluding hydrogens is 266 g/mol. The predicted molar refractivity (Wildman–Crippen MR) is 85.0 cm³/mol. The summed E-state index contributed by atoms with van der Waals surface area (Å²) in [4.78, 5) is 11.5. The highest BCUT2D eigenvalue weighted by Gasteiger charge is 2.34. The van der Waals surface area contributed by atoms with Crippen molar-refractivity contribution in [2.45, 2.75) is 52.5 Å². The average molecular weight is 293 g/mol. The summed E-state index contributed by atoms with van der Waals surface area (Å²) in [5, 5.41) is 12.6. The number of ether oxygens (including phenoxy) is 1. The number of para-hydroxylation sites is 1. The number of likely N-dealkylation sites (N-methyl/N-ethyl adjacent to an activating group) is 1. The number of aliphatic carboxylic acids is 1. The van der Waals surface area contributed by atoms with Crippen LogP contribution in [0.2, 0.25) is 0 Å². The number of hydrogen-bond acceptors (Lipinski definition) is 3. The van der Waals surface area contributed by atoms with Crippen molar-refractivity contribution in [3.8, 4) is 5.75 Å². The van der Waals surface area contributed by atoms with E-state index >= 15 is 0 Å². The molecule has 118 valence electrons. The van der Waals surface area contributed by atoms with Gasteiger partial charge in [0.2, 0.25) is 0 Å². The second kappa shape index (κ2) is 8.03. The molecule has 1 atom stereocenters. The van der Waals surface area contributed by atoms with Crippen LogP contribution in [0.5, 0.6) is 5.75 Å². The average Bonchev–Trinajstić information content (AvgIpc) is 2.44. The molecule has 21 heavy (non-hydrogen) atoms. The first kappa shape index (κ1) is 17.5. The van der Waals surface area contributed by atoms with E-state index < -0.39 is 11.5 Å². The first-order valence-corrected chi connectivity index (χ1v) is 7.64. The second-order valence-electron chi connectivity index (χ2n) is 5.44. The molecule has 0 aliphatic heterocycles. The Morgan fingerprint density at radius 3 is 2.38 bits per heavy atom. The van der Waals surface area contributed by atoms with Gasteiger partial charge in [0.15, 0.2) is 0 Å². The van der Waals surface area contributed by atoms with Gasteiger partial charge >= 0.3 is 5.97 Å². The van der Waals surface area contributed by atoms with Crippen LogP contribution >= 0.6 is 0 Å². The molecule has 0 aliphatic rings. The Labute approximate surface area is 127 Å². The lowest BCUT2D eigenvalue weighted by Gasteiger charge is -2.29. The van der Waals surface area contributed by atoms with E-state index in [1.165, 1.54) is 0 Å². The summed E-state index contributed by atoms with van der Waals surface area (Å²) in [5.41, 5.74) is 1.39. The highest BCUT2D eigenvalue weighted by molar-refractivity contribution is 5.78. The molecule has 0 spiro atoms. The van der Waals surface area contributed by atoms with Gasteiger partial charge in [0.05, 0.1) is 6.61 Å². The third kappa shape index (κ3) is 4.46. The lowest BCUT2D eigenvalue weighted by atomic mass is 9.90. The van der Waals surface area contributed by atoms with E-state index in [2.05, 4.69) is 5.32 Å². The maximum atomic E-state index is 11.5. The smallest absolute Gasteiger partial charge is 0.323 e. The topological polar surface area (TPSA) is 58.6 Å². The third-order valence-electron chi connectivity index (χ3n) is 3.93. The molecule has 4 heteroatoms. The third-order valence-corrected chi connectivity index (χ3v) is 3.93. The van der Waals surface area contributed by atoms with Crippen LogP contribution in [0, 0.1) is 13.8 Å². The summed E-state index contributed by atoms with van der Waals surface area (Å²) in [5.74, 6) is 0.136. The molecule has 0 aliphatic carbocycles. The summed E-state index contributed by atoms with van der Waals surface area (Å²) >= 11 is 0. The predicted octanol–water partition coefficient (Wildman–Crippen LogP) is 3.31. The highest BCUT2D eigenvalue weighted by Crippen LogP contribution is 2.23. The van der Waals surface area contributed by atoms with E-state index in [-0.39, 0.29) is 0 Å². The Balaban J connectivity index is 2.57. The van der Waals surface area contributed by atoms with Crippen LogP contribution in [0.25, 0.3) is 0 Å². The zero-order valence-corrected chi connectivity index (χ0v) is 13.5. The monoisotopic (exact) mass is 293 g/mol. The Morgan fingerprint density at radius 1 is 1.29 bits per heavy atom. The number of carbonyl (C=O) groups is 1. The summed E-state index contributed by atoms with van der Waals surface area (Å²) in [6.45, 7) is 9.07. The van der Waals surface area contributed by atoms with Crippen molar-refractivity contribution in [2.75, 3.05) is 13.2 Å². The van der Waals surface area contributed by atoms with Gasteiger partial charge in [0.1, 0.15) is 11.3 Å². The van der Waals surface area contributed by atoms with Crippen LogP contribution < -0.4 is 10.1 Å². The van der Waals surface area contributed by atoms with Crippen molar-refractivity contribution in [1.29, 1.82) is 0 Å². The SMILES string of the molecule is CCNC(CC)(CCCOc1c(C)cccc1C)C(=O)O. The molecule has 0 fully saturated rings. The molecule has 1 aromatic carbocycles. The number of nitrogens with one attached hydrogen (secondary N) is 1. The van der Waals surface area contributed by atoms with E-state index in [4.69, 9.17) is 4.74 Å². The largest absolute Gasteiger partial charge is 0.493 e. The molecule has 0 heterocycles.